The second-order valence-electron chi connectivity index (χ2n) is 4.02. The van der Waals surface area contributed by atoms with E-state index in [1.165, 1.54) is 38.5 Å². The third-order valence-corrected chi connectivity index (χ3v) is 3.30. The van der Waals surface area contributed by atoms with Crippen molar-refractivity contribution in [1.82, 2.24) is 0 Å². The zero-order valence-corrected chi connectivity index (χ0v) is 8.82. The largest absolute Gasteiger partial charge is 0.0713 e. The summed E-state index contributed by atoms with van der Waals surface area (Å²) in [4.78, 5) is 0. The van der Waals surface area contributed by atoms with Crippen LogP contribution in [0.15, 0.2) is 11.1 Å². The fourth-order valence-electron chi connectivity index (χ4n) is 2.32. The fraction of sp³-hybridized carbons (Fsp3) is 0.833. The van der Waals surface area contributed by atoms with E-state index >= 15 is 0 Å². The van der Waals surface area contributed by atoms with Crippen molar-refractivity contribution >= 4 is 0 Å². The van der Waals surface area contributed by atoms with Gasteiger partial charge in [0.2, 0.25) is 0 Å². The molecule has 70 valence electrons. The van der Waals surface area contributed by atoms with Crippen LogP contribution in [0.25, 0.3) is 0 Å². The van der Waals surface area contributed by atoms with E-state index < -0.39 is 0 Å². The lowest BCUT2D eigenvalue weighted by atomic mass is 9.96. The summed E-state index contributed by atoms with van der Waals surface area (Å²) in [6.07, 6.45) is 8.32. The topological polar surface area (TPSA) is 0 Å². The first-order valence-electron chi connectivity index (χ1n) is 5.48. The minimum absolute atomic E-state index is 0.944. The third-order valence-electron chi connectivity index (χ3n) is 3.30. The van der Waals surface area contributed by atoms with Gasteiger partial charge in [-0.3, -0.25) is 0 Å². The molecule has 0 spiro atoms. The van der Waals surface area contributed by atoms with Gasteiger partial charge < -0.3 is 0 Å². The van der Waals surface area contributed by atoms with E-state index in [-0.39, 0.29) is 0 Å². The van der Waals surface area contributed by atoms with Crippen molar-refractivity contribution in [3.8, 4) is 0 Å². The predicted molar refractivity (Wildman–Crippen MR) is 55.2 cm³/mol. The molecule has 0 amide bonds. The Morgan fingerprint density at radius 2 is 2.08 bits per heavy atom. The molecule has 1 rings (SSSR count). The fourth-order valence-corrected chi connectivity index (χ4v) is 2.32. The molecule has 12 heavy (non-hydrogen) atoms. The highest BCUT2D eigenvalue weighted by atomic mass is 14.3. The van der Waals surface area contributed by atoms with E-state index in [9.17, 15) is 0 Å². The molecule has 0 bridgehead atoms. The Kier molecular flexibility index (Phi) is 3.84. The maximum atomic E-state index is 2.35. The standard InChI is InChI=1S/C12H22/c1-4-6-7-12-9-8-11(5-2)10(12)3/h12H,4-9H2,1-3H3. The van der Waals surface area contributed by atoms with Gasteiger partial charge in [0.25, 0.3) is 0 Å². The summed E-state index contributed by atoms with van der Waals surface area (Å²) in [5, 5.41) is 0. The van der Waals surface area contributed by atoms with Gasteiger partial charge in [-0.2, -0.15) is 0 Å². The normalized spacial score (nSPS) is 23.8. The molecule has 0 N–H and O–H groups in total. The van der Waals surface area contributed by atoms with E-state index in [4.69, 9.17) is 0 Å². The molecule has 0 saturated carbocycles. The zero-order chi connectivity index (χ0) is 8.97. The van der Waals surface area contributed by atoms with Crippen LogP contribution >= 0.6 is 0 Å². The minimum Gasteiger partial charge on any atom is -0.0713 e. The molecule has 0 nitrogen and oxygen atoms in total. The molecule has 0 aliphatic heterocycles. The van der Waals surface area contributed by atoms with Crippen molar-refractivity contribution in [2.75, 3.05) is 0 Å². The molecule has 0 fully saturated rings. The van der Waals surface area contributed by atoms with Crippen LogP contribution in [0.5, 0.6) is 0 Å². The number of allylic oxidation sites excluding steroid dienone is 2. The summed E-state index contributed by atoms with van der Waals surface area (Å²) in [5.41, 5.74) is 3.47. The number of unbranched alkanes of at least 4 members (excludes halogenated alkanes) is 1. The molecular weight excluding hydrogens is 144 g/mol. The van der Waals surface area contributed by atoms with Gasteiger partial charge in [0.15, 0.2) is 0 Å². The summed E-state index contributed by atoms with van der Waals surface area (Å²) in [5.74, 6) is 0.944. The Bertz CT molecular complexity index is 165. The molecule has 0 heteroatoms. The molecule has 1 atom stereocenters. The lowest BCUT2D eigenvalue weighted by molar-refractivity contribution is 0.525. The first-order valence-corrected chi connectivity index (χ1v) is 5.48. The van der Waals surface area contributed by atoms with Gasteiger partial charge >= 0.3 is 0 Å². The maximum Gasteiger partial charge on any atom is -0.0200 e. The van der Waals surface area contributed by atoms with Gasteiger partial charge in [-0.05, 0) is 38.5 Å². The Hall–Kier alpha value is -0.260. The quantitative estimate of drug-likeness (QED) is 0.546. The molecule has 1 aliphatic rings. The Morgan fingerprint density at radius 3 is 2.58 bits per heavy atom. The summed E-state index contributed by atoms with van der Waals surface area (Å²) in [6, 6.07) is 0. The highest BCUT2D eigenvalue weighted by molar-refractivity contribution is 5.20. The number of hydrogen-bond acceptors (Lipinski definition) is 0. The summed E-state index contributed by atoms with van der Waals surface area (Å²) >= 11 is 0. The molecule has 0 aromatic heterocycles. The molecule has 0 saturated heterocycles. The summed E-state index contributed by atoms with van der Waals surface area (Å²) in [7, 11) is 0. The average Bonchev–Trinajstić information content (AvgIpc) is 2.43. The van der Waals surface area contributed by atoms with Crippen LogP contribution in [-0.2, 0) is 0 Å². The van der Waals surface area contributed by atoms with E-state index in [2.05, 4.69) is 20.8 Å². The van der Waals surface area contributed by atoms with E-state index in [1.807, 2.05) is 0 Å². The van der Waals surface area contributed by atoms with Crippen molar-refractivity contribution in [1.29, 1.82) is 0 Å². The van der Waals surface area contributed by atoms with Crippen molar-refractivity contribution in [2.24, 2.45) is 5.92 Å². The van der Waals surface area contributed by atoms with Crippen molar-refractivity contribution in [3.05, 3.63) is 11.1 Å². The second-order valence-corrected chi connectivity index (χ2v) is 4.02. The van der Waals surface area contributed by atoms with Crippen LogP contribution in [0, 0.1) is 5.92 Å². The Labute approximate surface area is 77.1 Å². The van der Waals surface area contributed by atoms with Crippen LogP contribution < -0.4 is 0 Å². The highest BCUT2D eigenvalue weighted by Gasteiger charge is 2.19. The van der Waals surface area contributed by atoms with E-state index in [0.717, 1.165) is 5.92 Å². The monoisotopic (exact) mass is 166 g/mol. The van der Waals surface area contributed by atoms with Crippen LogP contribution in [-0.4, -0.2) is 0 Å². The number of hydrogen-bond donors (Lipinski definition) is 0. The Balaban J connectivity index is 2.43. The zero-order valence-electron chi connectivity index (χ0n) is 8.82. The third kappa shape index (κ3) is 2.12. The van der Waals surface area contributed by atoms with Crippen LogP contribution in [0.4, 0.5) is 0 Å². The molecule has 0 radical (unpaired) electrons. The smallest absolute Gasteiger partial charge is 0.0200 e. The van der Waals surface area contributed by atoms with Gasteiger partial charge in [-0.15, -0.1) is 0 Å². The van der Waals surface area contributed by atoms with E-state index in [1.54, 1.807) is 11.1 Å². The van der Waals surface area contributed by atoms with Crippen LogP contribution in [0.3, 0.4) is 0 Å². The molecule has 0 heterocycles. The SMILES string of the molecule is CCCCC1CCC(CC)=C1C. The van der Waals surface area contributed by atoms with Crippen molar-refractivity contribution < 1.29 is 0 Å². The first-order chi connectivity index (χ1) is 5.79. The van der Waals surface area contributed by atoms with Crippen LogP contribution in [0.2, 0.25) is 0 Å². The first kappa shape index (κ1) is 9.83. The molecule has 1 aliphatic carbocycles. The summed E-state index contributed by atoms with van der Waals surface area (Å²) < 4.78 is 0. The van der Waals surface area contributed by atoms with Gasteiger partial charge in [0, 0.05) is 0 Å². The van der Waals surface area contributed by atoms with E-state index in [0.29, 0.717) is 0 Å². The Morgan fingerprint density at radius 1 is 1.33 bits per heavy atom. The molecule has 1 unspecified atom stereocenters. The number of rotatable bonds is 4. The summed E-state index contributed by atoms with van der Waals surface area (Å²) in [6.45, 7) is 6.93. The maximum absolute atomic E-state index is 2.35. The predicted octanol–water partition coefficient (Wildman–Crippen LogP) is 4.31. The van der Waals surface area contributed by atoms with Gasteiger partial charge in [-0.1, -0.05) is 37.8 Å². The van der Waals surface area contributed by atoms with Crippen molar-refractivity contribution in [2.45, 2.75) is 59.3 Å². The minimum atomic E-state index is 0.944. The van der Waals surface area contributed by atoms with Gasteiger partial charge in [0.05, 0.1) is 0 Å². The molecule has 0 aromatic rings. The van der Waals surface area contributed by atoms with Crippen LogP contribution in [0.1, 0.15) is 59.3 Å². The van der Waals surface area contributed by atoms with Crippen molar-refractivity contribution in [3.63, 3.8) is 0 Å². The lowest BCUT2D eigenvalue weighted by Crippen LogP contribution is -1.96. The second kappa shape index (κ2) is 4.69. The average molecular weight is 166 g/mol. The molecular formula is C12H22. The highest BCUT2D eigenvalue weighted by Crippen LogP contribution is 2.36. The molecule has 0 aromatic carbocycles. The lowest BCUT2D eigenvalue weighted by Gasteiger charge is -2.10. The van der Waals surface area contributed by atoms with Gasteiger partial charge in [0.1, 0.15) is 0 Å². The van der Waals surface area contributed by atoms with Gasteiger partial charge in [-0.25, -0.2) is 0 Å².